The van der Waals surface area contributed by atoms with Gasteiger partial charge < -0.3 is 4.52 Å². The van der Waals surface area contributed by atoms with Crippen LogP contribution < -0.4 is 5.56 Å². The Morgan fingerprint density at radius 3 is 2.37 bits per heavy atom. The van der Waals surface area contributed by atoms with E-state index in [-0.39, 0.29) is 11.4 Å². The normalized spacial score (nSPS) is 11.1. The van der Waals surface area contributed by atoms with E-state index in [9.17, 15) is 4.79 Å². The molecule has 0 spiro atoms. The fraction of sp³-hybridized carbons (Fsp3) is 0.0833. The van der Waals surface area contributed by atoms with E-state index in [1.165, 1.54) is 4.68 Å². The largest absolute Gasteiger partial charge is 0.332 e. The lowest BCUT2D eigenvalue weighted by atomic mass is 10.1. The Kier molecular flexibility index (Phi) is 4.25. The summed E-state index contributed by atoms with van der Waals surface area (Å²) in [4.78, 5) is 17.7. The molecule has 0 amide bonds. The van der Waals surface area contributed by atoms with Gasteiger partial charge in [-0.05, 0) is 37.6 Å². The maximum absolute atomic E-state index is 13.1. The van der Waals surface area contributed by atoms with E-state index < -0.39 is 0 Å². The highest BCUT2D eigenvalue weighted by atomic mass is 16.5. The average molecular weight is 394 g/mol. The summed E-state index contributed by atoms with van der Waals surface area (Å²) in [6.45, 7) is 4.00. The molecule has 2 aromatic heterocycles. The molecule has 6 heteroatoms. The zero-order valence-corrected chi connectivity index (χ0v) is 16.5. The van der Waals surface area contributed by atoms with Gasteiger partial charge >= 0.3 is 0 Å². The quantitative estimate of drug-likeness (QED) is 0.443. The van der Waals surface area contributed by atoms with Gasteiger partial charge in [-0.2, -0.15) is 14.8 Å². The third kappa shape index (κ3) is 3.08. The van der Waals surface area contributed by atoms with Crippen molar-refractivity contribution in [3.8, 4) is 28.7 Å². The molecule has 0 saturated carbocycles. The summed E-state index contributed by atoms with van der Waals surface area (Å²) < 4.78 is 6.95. The summed E-state index contributed by atoms with van der Waals surface area (Å²) >= 11 is 0. The highest BCUT2D eigenvalue weighted by molar-refractivity contribution is 5.92. The Morgan fingerprint density at radius 2 is 1.60 bits per heavy atom. The number of fused-ring (bicyclic) bond motifs is 1. The molecular formula is C24H18N4O2. The molecule has 0 aliphatic heterocycles. The van der Waals surface area contributed by atoms with E-state index in [4.69, 9.17) is 4.52 Å². The number of benzene rings is 3. The van der Waals surface area contributed by atoms with E-state index in [0.29, 0.717) is 28.0 Å². The summed E-state index contributed by atoms with van der Waals surface area (Å²) in [5, 5.41) is 9.95. The minimum Gasteiger partial charge on any atom is -0.332 e. The monoisotopic (exact) mass is 394 g/mol. The predicted octanol–water partition coefficient (Wildman–Crippen LogP) is 4.72. The third-order valence-corrected chi connectivity index (χ3v) is 4.99. The zero-order chi connectivity index (χ0) is 20.7. The van der Waals surface area contributed by atoms with E-state index in [0.717, 1.165) is 16.7 Å². The molecule has 0 fully saturated rings. The smallest absolute Gasteiger partial charge is 0.279 e. The molecular weight excluding hydrogens is 376 g/mol. The molecule has 3 aromatic carbocycles. The molecule has 146 valence electrons. The summed E-state index contributed by atoms with van der Waals surface area (Å²) in [6, 6.07) is 22.9. The van der Waals surface area contributed by atoms with Crippen LogP contribution in [0.4, 0.5) is 0 Å². The van der Waals surface area contributed by atoms with Gasteiger partial charge in [-0.3, -0.25) is 4.79 Å². The SMILES string of the molecule is Cc1ccc(-c2noc(-c3nn(-c4cccc(C)c4)c(=O)c4ccccc34)n2)cc1. The Balaban J connectivity index is 1.72. The first-order valence-electron chi connectivity index (χ1n) is 9.60. The van der Waals surface area contributed by atoms with Crippen LogP contribution in [0, 0.1) is 13.8 Å². The summed E-state index contributed by atoms with van der Waals surface area (Å²) in [6.07, 6.45) is 0. The van der Waals surface area contributed by atoms with Crippen LogP contribution in [0.3, 0.4) is 0 Å². The molecule has 0 radical (unpaired) electrons. The molecule has 6 nitrogen and oxygen atoms in total. The standard InChI is InChI=1S/C24H18N4O2/c1-15-10-12-17(13-11-15)22-25-23(30-27-22)21-19-8-3-4-9-20(19)24(29)28(26-21)18-7-5-6-16(2)14-18/h3-14H,1-2H3. The van der Waals surface area contributed by atoms with Crippen LogP contribution in [0.1, 0.15) is 11.1 Å². The lowest BCUT2D eigenvalue weighted by molar-refractivity contribution is 0.430. The van der Waals surface area contributed by atoms with Crippen molar-refractivity contribution in [1.82, 2.24) is 19.9 Å². The van der Waals surface area contributed by atoms with E-state index in [2.05, 4.69) is 15.2 Å². The van der Waals surface area contributed by atoms with Crippen LogP contribution in [0.2, 0.25) is 0 Å². The molecule has 0 N–H and O–H groups in total. The second-order valence-corrected chi connectivity index (χ2v) is 7.24. The topological polar surface area (TPSA) is 73.8 Å². The fourth-order valence-corrected chi connectivity index (χ4v) is 3.42. The van der Waals surface area contributed by atoms with Crippen molar-refractivity contribution < 1.29 is 4.52 Å². The van der Waals surface area contributed by atoms with Crippen molar-refractivity contribution in [2.24, 2.45) is 0 Å². The van der Waals surface area contributed by atoms with Gasteiger partial charge in [0.25, 0.3) is 11.4 Å². The summed E-state index contributed by atoms with van der Waals surface area (Å²) in [5.74, 6) is 0.743. The van der Waals surface area contributed by atoms with Gasteiger partial charge in [-0.25, -0.2) is 0 Å². The molecule has 5 aromatic rings. The molecule has 0 atom stereocenters. The lowest BCUT2D eigenvalue weighted by Gasteiger charge is -2.09. The van der Waals surface area contributed by atoms with Crippen LogP contribution in [-0.4, -0.2) is 19.9 Å². The first-order chi connectivity index (χ1) is 14.6. The van der Waals surface area contributed by atoms with Gasteiger partial charge in [0, 0.05) is 10.9 Å². The molecule has 0 unspecified atom stereocenters. The van der Waals surface area contributed by atoms with Crippen LogP contribution in [0.25, 0.3) is 39.4 Å². The average Bonchev–Trinajstić information content (AvgIpc) is 3.25. The van der Waals surface area contributed by atoms with Crippen LogP contribution >= 0.6 is 0 Å². The number of nitrogens with zero attached hydrogens (tertiary/aromatic N) is 4. The Labute approximate surface area is 172 Å². The van der Waals surface area contributed by atoms with Gasteiger partial charge in [0.15, 0.2) is 5.69 Å². The van der Waals surface area contributed by atoms with Gasteiger partial charge in [-0.1, -0.05) is 65.3 Å². The minimum atomic E-state index is -0.196. The molecule has 0 saturated heterocycles. The number of aryl methyl sites for hydroxylation is 2. The first kappa shape index (κ1) is 18.0. The molecule has 0 bridgehead atoms. The number of hydrogen-bond acceptors (Lipinski definition) is 5. The molecule has 0 aliphatic rings. The Morgan fingerprint density at radius 1 is 0.833 bits per heavy atom. The minimum absolute atomic E-state index is 0.196. The van der Waals surface area contributed by atoms with E-state index >= 15 is 0 Å². The molecule has 0 aliphatic carbocycles. The third-order valence-electron chi connectivity index (χ3n) is 4.99. The van der Waals surface area contributed by atoms with Crippen LogP contribution in [-0.2, 0) is 0 Å². The summed E-state index contributed by atoms with van der Waals surface area (Å²) in [7, 11) is 0. The van der Waals surface area contributed by atoms with Crippen molar-refractivity contribution >= 4 is 10.8 Å². The van der Waals surface area contributed by atoms with Crippen LogP contribution in [0.15, 0.2) is 82.1 Å². The second-order valence-electron chi connectivity index (χ2n) is 7.24. The predicted molar refractivity (Wildman–Crippen MR) is 116 cm³/mol. The van der Waals surface area contributed by atoms with Gasteiger partial charge in [0.05, 0.1) is 11.1 Å². The first-order valence-corrected chi connectivity index (χ1v) is 9.60. The Hall–Kier alpha value is -4.06. The zero-order valence-electron chi connectivity index (χ0n) is 16.5. The van der Waals surface area contributed by atoms with E-state index in [1.807, 2.05) is 80.6 Å². The highest BCUT2D eigenvalue weighted by Gasteiger charge is 2.19. The van der Waals surface area contributed by atoms with Crippen molar-refractivity contribution in [3.63, 3.8) is 0 Å². The van der Waals surface area contributed by atoms with Crippen molar-refractivity contribution in [2.75, 3.05) is 0 Å². The summed E-state index contributed by atoms with van der Waals surface area (Å²) in [5.41, 5.74) is 4.00. The van der Waals surface area contributed by atoms with Crippen LogP contribution in [0.5, 0.6) is 0 Å². The number of aromatic nitrogens is 4. The highest BCUT2D eigenvalue weighted by Crippen LogP contribution is 2.26. The molecule has 5 rings (SSSR count). The van der Waals surface area contributed by atoms with Gasteiger partial charge in [0.2, 0.25) is 5.82 Å². The van der Waals surface area contributed by atoms with Gasteiger partial charge in [0.1, 0.15) is 0 Å². The molecule has 30 heavy (non-hydrogen) atoms. The van der Waals surface area contributed by atoms with Gasteiger partial charge in [-0.15, -0.1) is 0 Å². The van der Waals surface area contributed by atoms with E-state index in [1.54, 1.807) is 6.07 Å². The fourth-order valence-electron chi connectivity index (χ4n) is 3.42. The van der Waals surface area contributed by atoms with Crippen molar-refractivity contribution in [1.29, 1.82) is 0 Å². The lowest BCUT2D eigenvalue weighted by Crippen LogP contribution is -2.22. The maximum atomic E-state index is 13.1. The number of rotatable bonds is 3. The Bertz CT molecular complexity index is 1430. The maximum Gasteiger partial charge on any atom is 0.279 e. The number of hydrogen-bond donors (Lipinski definition) is 0. The van der Waals surface area contributed by atoms with Crippen molar-refractivity contribution in [2.45, 2.75) is 13.8 Å². The molecule has 2 heterocycles. The van der Waals surface area contributed by atoms with Crippen molar-refractivity contribution in [3.05, 3.63) is 94.3 Å². The second kappa shape index (κ2) is 7.08.